The van der Waals surface area contributed by atoms with Crippen LogP contribution in [0.2, 0.25) is 0 Å². The van der Waals surface area contributed by atoms with Gasteiger partial charge in [-0.25, -0.2) is 0 Å². The summed E-state index contributed by atoms with van der Waals surface area (Å²) in [5, 5.41) is 11.6. The van der Waals surface area contributed by atoms with E-state index in [4.69, 9.17) is 10.9 Å². The predicted octanol–water partition coefficient (Wildman–Crippen LogP) is 2.05. The minimum atomic E-state index is 0.0484. The molecule has 0 amide bonds. The van der Waals surface area contributed by atoms with Gasteiger partial charge in [-0.1, -0.05) is 11.6 Å². The Bertz CT molecular complexity index is 499. The van der Waals surface area contributed by atoms with Gasteiger partial charge in [0, 0.05) is 13.6 Å². The third-order valence-electron chi connectivity index (χ3n) is 4.95. The first kappa shape index (κ1) is 13.2. The summed E-state index contributed by atoms with van der Waals surface area (Å²) in [5.41, 5.74) is 7.11. The molecule has 3 N–H and O–H groups in total. The highest BCUT2D eigenvalue weighted by Gasteiger charge is 2.39. The summed E-state index contributed by atoms with van der Waals surface area (Å²) in [7, 11) is 2.12. The van der Waals surface area contributed by atoms with Gasteiger partial charge in [-0.05, 0) is 49.1 Å². The Balaban J connectivity index is 1.64. The lowest BCUT2D eigenvalue weighted by Gasteiger charge is -2.28. The summed E-state index contributed by atoms with van der Waals surface area (Å²) in [4.78, 5) is 6.51. The Kier molecular flexibility index (Phi) is 3.51. The molecule has 0 aliphatic heterocycles. The van der Waals surface area contributed by atoms with Crippen LogP contribution < -0.4 is 10.6 Å². The lowest BCUT2D eigenvalue weighted by Crippen LogP contribution is -2.28. The highest BCUT2D eigenvalue weighted by Crippen LogP contribution is 2.48. The Labute approximate surface area is 119 Å². The van der Waals surface area contributed by atoms with E-state index in [-0.39, 0.29) is 5.84 Å². The number of nitrogens with zero attached hydrogens (tertiary/aromatic N) is 3. The summed E-state index contributed by atoms with van der Waals surface area (Å²) < 4.78 is 0. The summed E-state index contributed by atoms with van der Waals surface area (Å²) in [6, 6.07) is 3.77. The van der Waals surface area contributed by atoms with Crippen LogP contribution >= 0.6 is 0 Å². The zero-order valence-corrected chi connectivity index (χ0v) is 11.9. The predicted molar refractivity (Wildman–Crippen MR) is 79.0 cm³/mol. The average Bonchev–Trinajstić information content (AvgIpc) is 3.09. The van der Waals surface area contributed by atoms with Crippen molar-refractivity contribution in [2.75, 3.05) is 18.5 Å². The minimum Gasteiger partial charge on any atom is -0.409 e. The van der Waals surface area contributed by atoms with Crippen molar-refractivity contribution < 1.29 is 5.21 Å². The number of oxime groups is 1. The molecule has 0 saturated heterocycles. The molecule has 2 fully saturated rings. The highest BCUT2D eigenvalue weighted by molar-refractivity contribution is 5.95. The zero-order chi connectivity index (χ0) is 14.1. The molecule has 108 valence electrons. The fraction of sp³-hybridized carbons (Fsp3) is 0.600. The molecule has 3 atom stereocenters. The van der Waals surface area contributed by atoms with E-state index in [1.54, 1.807) is 12.3 Å². The van der Waals surface area contributed by atoms with Gasteiger partial charge in [0.25, 0.3) is 0 Å². The van der Waals surface area contributed by atoms with Gasteiger partial charge in [0.05, 0.1) is 11.9 Å². The highest BCUT2D eigenvalue weighted by atomic mass is 16.4. The molecule has 0 spiro atoms. The minimum absolute atomic E-state index is 0.0484. The normalized spacial score (nSPS) is 28.9. The number of rotatable bonds is 4. The van der Waals surface area contributed by atoms with Gasteiger partial charge in [0.15, 0.2) is 5.84 Å². The van der Waals surface area contributed by atoms with Crippen LogP contribution in [-0.4, -0.2) is 29.6 Å². The van der Waals surface area contributed by atoms with Crippen LogP contribution in [-0.2, 0) is 0 Å². The maximum Gasteiger partial charge on any atom is 0.188 e. The van der Waals surface area contributed by atoms with Gasteiger partial charge >= 0.3 is 0 Å². The number of hydrogen-bond donors (Lipinski definition) is 2. The quantitative estimate of drug-likeness (QED) is 0.381. The second kappa shape index (κ2) is 5.31. The number of anilines is 1. The van der Waals surface area contributed by atoms with Crippen LogP contribution in [0.1, 0.15) is 31.4 Å². The third kappa shape index (κ3) is 2.44. The summed E-state index contributed by atoms with van der Waals surface area (Å²) in [6.45, 7) is 1.10. The third-order valence-corrected chi connectivity index (χ3v) is 4.95. The number of nitrogens with two attached hydrogens (primary N) is 1. The molecule has 2 bridgehead atoms. The molecular formula is C15H22N4O. The molecule has 0 radical (unpaired) electrons. The SMILES string of the molecule is CN(CC1CC2CCC1C2)c1ccc(/C(N)=N/O)nc1. The molecule has 1 aromatic rings. The average molecular weight is 274 g/mol. The molecule has 1 aromatic heterocycles. The van der Waals surface area contributed by atoms with Crippen molar-refractivity contribution in [3.63, 3.8) is 0 Å². The van der Waals surface area contributed by atoms with E-state index in [2.05, 4.69) is 22.1 Å². The molecule has 1 heterocycles. The van der Waals surface area contributed by atoms with Crippen molar-refractivity contribution >= 4 is 11.5 Å². The Morgan fingerprint density at radius 2 is 2.30 bits per heavy atom. The van der Waals surface area contributed by atoms with Crippen LogP contribution in [0.15, 0.2) is 23.5 Å². The molecule has 0 aromatic carbocycles. The van der Waals surface area contributed by atoms with Gasteiger partial charge in [0.2, 0.25) is 0 Å². The number of fused-ring (bicyclic) bond motifs is 2. The number of hydrogen-bond acceptors (Lipinski definition) is 4. The Morgan fingerprint density at radius 3 is 2.85 bits per heavy atom. The number of pyridine rings is 1. The first-order valence-corrected chi connectivity index (χ1v) is 7.32. The molecule has 2 saturated carbocycles. The van der Waals surface area contributed by atoms with Crippen molar-refractivity contribution in [1.29, 1.82) is 0 Å². The van der Waals surface area contributed by atoms with E-state index < -0.39 is 0 Å². The molecule has 5 nitrogen and oxygen atoms in total. The van der Waals surface area contributed by atoms with Crippen molar-refractivity contribution in [2.45, 2.75) is 25.7 Å². The lowest BCUT2D eigenvalue weighted by atomic mass is 9.88. The van der Waals surface area contributed by atoms with Gasteiger partial charge in [-0.2, -0.15) is 0 Å². The van der Waals surface area contributed by atoms with Crippen molar-refractivity contribution in [2.24, 2.45) is 28.6 Å². The van der Waals surface area contributed by atoms with Gasteiger partial charge in [-0.15, -0.1) is 0 Å². The molecule has 2 aliphatic carbocycles. The van der Waals surface area contributed by atoms with Crippen LogP contribution in [0, 0.1) is 17.8 Å². The van der Waals surface area contributed by atoms with E-state index in [0.717, 1.165) is 30.0 Å². The van der Waals surface area contributed by atoms with Crippen molar-refractivity contribution in [3.05, 3.63) is 24.0 Å². The molecule has 20 heavy (non-hydrogen) atoms. The van der Waals surface area contributed by atoms with E-state index >= 15 is 0 Å². The Hall–Kier alpha value is -1.78. The van der Waals surface area contributed by atoms with E-state index in [1.165, 1.54) is 25.7 Å². The van der Waals surface area contributed by atoms with E-state index in [1.807, 2.05) is 6.07 Å². The van der Waals surface area contributed by atoms with Crippen molar-refractivity contribution in [1.82, 2.24) is 4.98 Å². The standard InChI is InChI=1S/C15H22N4O/c1-19(9-12-7-10-2-3-11(12)6-10)13-4-5-14(17-8-13)15(16)18-20/h4-5,8,10-12,20H,2-3,6-7,9H2,1H3,(H2,16,18). The molecular weight excluding hydrogens is 252 g/mol. The molecule has 5 heteroatoms. The fourth-order valence-electron chi connectivity index (χ4n) is 3.87. The summed E-state index contributed by atoms with van der Waals surface area (Å²) >= 11 is 0. The first-order valence-electron chi connectivity index (χ1n) is 7.32. The van der Waals surface area contributed by atoms with Crippen LogP contribution in [0.4, 0.5) is 5.69 Å². The maximum absolute atomic E-state index is 8.63. The molecule has 3 unspecified atom stereocenters. The van der Waals surface area contributed by atoms with Gasteiger partial charge in [-0.3, -0.25) is 4.98 Å². The Morgan fingerprint density at radius 1 is 1.45 bits per heavy atom. The maximum atomic E-state index is 8.63. The van der Waals surface area contributed by atoms with Crippen LogP contribution in [0.3, 0.4) is 0 Å². The van der Waals surface area contributed by atoms with Gasteiger partial charge in [0.1, 0.15) is 5.69 Å². The molecule has 3 rings (SSSR count). The number of aromatic nitrogens is 1. The first-order chi connectivity index (χ1) is 9.67. The van der Waals surface area contributed by atoms with Crippen LogP contribution in [0.5, 0.6) is 0 Å². The van der Waals surface area contributed by atoms with E-state index in [0.29, 0.717) is 5.69 Å². The lowest BCUT2D eigenvalue weighted by molar-refractivity contribution is 0.318. The smallest absolute Gasteiger partial charge is 0.188 e. The second-order valence-electron chi connectivity index (χ2n) is 6.20. The van der Waals surface area contributed by atoms with E-state index in [9.17, 15) is 0 Å². The second-order valence-corrected chi connectivity index (χ2v) is 6.20. The van der Waals surface area contributed by atoms with Crippen LogP contribution in [0.25, 0.3) is 0 Å². The summed E-state index contributed by atoms with van der Waals surface area (Å²) in [6.07, 6.45) is 7.50. The topological polar surface area (TPSA) is 74.7 Å². The fourth-order valence-corrected chi connectivity index (χ4v) is 3.87. The zero-order valence-electron chi connectivity index (χ0n) is 11.9. The monoisotopic (exact) mass is 274 g/mol. The van der Waals surface area contributed by atoms with Gasteiger partial charge < -0.3 is 15.8 Å². The summed E-state index contributed by atoms with van der Waals surface area (Å²) in [5.74, 6) is 2.81. The molecule has 2 aliphatic rings. The largest absolute Gasteiger partial charge is 0.409 e. The number of amidine groups is 1. The van der Waals surface area contributed by atoms with Crippen molar-refractivity contribution in [3.8, 4) is 0 Å².